The molecule has 0 unspecified atom stereocenters. The van der Waals surface area contributed by atoms with Gasteiger partial charge in [-0.25, -0.2) is 9.18 Å². The molecule has 2 aliphatic heterocycles. The molecular weight excluding hydrogens is 369 g/mol. The van der Waals surface area contributed by atoms with Gasteiger partial charge >= 0.3 is 6.03 Å². The van der Waals surface area contributed by atoms with Crippen LogP contribution in [0.25, 0.3) is 0 Å². The van der Waals surface area contributed by atoms with Crippen LogP contribution in [0.1, 0.15) is 30.4 Å². The maximum Gasteiger partial charge on any atom is 0.317 e. The summed E-state index contributed by atoms with van der Waals surface area (Å²) in [7, 11) is 0. The highest BCUT2D eigenvalue weighted by atomic mass is 19.1. The first-order valence-corrected chi connectivity index (χ1v) is 10.1. The van der Waals surface area contributed by atoms with E-state index in [4.69, 9.17) is 0 Å². The number of likely N-dealkylation sites (tertiary alicyclic amines) is 2. The van der Waals surface area contributed by atoms with E-state index >= 15 is 0 Å². The molecule has 152 valence electrons. The van der Waals surface area contributed by atoms with E-state index in [-0.39, 0.29) is 23.2 Å². The number of carbonyl (C=O) groups is 2. The van der Waals surface area contributed by atoms with Crippen LogP contribution in [0, 0.1) is 11.2 Å². The predicted octanol–water partition coefficient (Wildman–Crippen LogP) is 3.55. The van der Waals surface area contributed by atoms with Crippen LogP contribution in [-0.4, -0.2) is 41.4 Å². The van der Waals surface area contributed by atoms with Crippen LogP contribution in [0.5, 0.6) is 0 Å². The molecule has 5 nitrogen and oxygen atoms in total. The minimum atomic E-state index is -0.283. The van der Waals surface area contributed by atoms with E-state index in [1.165, 1.54) is 12.1 Å². The fourth-order valence-electron chi connectivity index (χ4n) is 4.34. The highest BCUT2D eigenvalue weighted by molar-refractivity contribution is 5.80. The highest BCUT2D eigenvalue weighted by Gasteiger charge is 2.45. The lowest BCUT2D eigenvalue weighted by molar-refractivity contribution is -0.128. The molecule has 2 heterocycles. The van der Waals surface area contributed by atoms with Crippen molar-refractivity contribution in [2.24, 2.45) is 5.41 Å². The van der Waals surface area contributed by atoms with Crippen molar-refractivity contribution in [1.82, 2.24) is 15.1 Å². The third-order valence-corrected chi connectivity index (χ3v) is 6.09. The standard InChI is InChI=1S/C23H26FN3O2/c24-20-8-6-18(7-9-20)15-25-22(29)26-12-10-23(11-13-26)14-21(28)27(17-23)16-19-4-2-1-3-5-19/h1-9H,10-17H2,(H,25,29). The number of urea groups is 1. The van der Waals surface area contributed by atoms with Gasteiger partial charge in [0.1, 0.15) is 5.82 Å². The zero-order valence-corrected chi connectivity index (χ0v) is 16.4. The van der Waals surface area contributed by atoms with Crippen molar-refractivity contribution in [3.8, 4) is 0 Å². The van der Waals surface area contributed by atoms with Crippen molar-refractivity contribution in [2.75, 3.05) is 19.6 Å². The molecule has 0 aliphatic carbocycles. The van der Waals surface area contributed by atoms with Crippen LogP contribution >= 0.6 is 0 Å². The Balaban J connectivity index is 1.28. The largest absolute Gasteiger partial charge is 0.338 e. The summed E-state index contributed by atoms with van der Waals surface area (Å²) in [6.45, 7) is 3.11. The number of rotatable bonds is 4. The molecule has 2 saturated heterocycles. The van der Waals surface area contributed by atoms with Gasteiger partial charge in [0.15, 0.2) is 0 Å². The third kappa shape index (κ3) is 4.58. The second-order valence-corrected chi connectivity index (χ2v) is 8.18. The first-order chi connectivity index (χ1) is 14.0. The van der Waals surface area contributed by atoms with Gasteiger partial charge in [-0.3, -0.25) is 4.79 Å². The fraction of sp³-hybridized carbons (Fsp3) is 0.391. The molecule has 0 aromatic heterocycles. The van der Waals surface area contributed by atoms with Crippen LogP contribution in [0.15, 0.2) is 54.6 Å². The number of amides is 3. The highest BCUT2D eigenvalue weighted by Crippen LogP contribution is 2.41. The number of hydrogen-bond donors (Lipinski definition) is 1. The Kier molecular flexibility index (Phi) is 5.51. The average Bonchev–Trinajstić information content (AvgIpc) is 3.03. The van der Waals surface area contributed by atoms with E-state index in [1.807, 2.05) is 40.1 Å². The topological polar surface area (TPSA) is 52.7 Å². The Hall–Kier alpha value is -2.89. The molecule has 2 aromatic rings. The lowest BCUT2D eigenvalue weighted by atomic mass is 9.77. The number of nitrogens with zero attached hydrogens (tertiary/aromatic N) is 2. The lowest BCUT2D eigenvalue weighted by Gasteiger charge is -2.38. The molecule has 1 N–H and O–H groups in total. The Morgan fingerprint density at radius 3 is 2.38 bits per heavy atom. The molecule has 0 saturated carbocycles. The normalized spacial score (nSPS) is 18.3. The van der Waals surface area contributed by atoms with Gasteiger partial charge in [-0.05, 0) is 36.1 Å². The molecular formula is C23H26FN3O2. The fourth-order valence-corrected chi connectivity index (χ4v) is 4.34. The Morgan fingerprint density at radius 1 is 1.00 bits per heavy atom. The quantitative estimate of drug-likeness (QED) is 0.861. The smallest absolute Gasteiger partial charge is 0.317 e. The van der Waals surface area contributed by atoms with Crippen LogP contribution in [0.3, 0.4) is 0 Å². The molecule has 6 heteroatoms. The number of carbonyl (C=O) groups excluding carboxylic acids is 2. The van der Waals surface area contributed by atoms with Crippen molar-refractivity contribution in [2.45, 2.75) is 32.4 Å². The van der Waals surface area contributed by atoms with Crippen molar-refractivity contribution >= 4 is 11.9 Å². The Bertz CT molecular complexity index is 861. The summed E-state index contributed by atoms with van der Waals surface area (Å²) in [5.41, 5.74) is 2.00. The lowest BCUT2D eigenvalue weighted by Crippen LogP contribution is -2.47. The molecule has 2 aromatic carbocycles. The van der Waals surface area contributed by atoms with Crippen molar-refractivity contribution in [3.05, 3.63) is 71.5 Å². The maximum atomic E-state index is 13.0. The number of benzene rings is 2. The van der Waals surface area contributed by atoms with Gasteiger partial charge in [-0.1, -0.05) is 42.5 Å². The summed E-state index contributed by atoms with van der Waals surface area (Å²) in [5.74, 6) is -0.0723. The van der Waals surface area contributed by atoms with Gasteiger partial charge in [-0.15, -0.1) is 0 Å². The monoisotopic (exact) mass is 395 g/mol. The van der Waals surface area contributed by atoms with Gasteiger partial charge in [0.25, 0.3) is 0 Å². The van der Waals surface area contributed by atoms with Gasteiger partial charge in [-0.2, -0.15) is 0 Å². The summed E-state index contributed by atoms with van der Waals surface area (Å²) in [6, 6.07) is 16.1. The SMILES string of the molecule is O=C1CC2(CCN(C(=O)NCc3ccc(F)cc3)CC2)CN1Cc1ccccc1. The summed E-state index contributed by atoms with van der Waals surface area (Å²) in [4.78, 5) is 28.8. The third-order valence-electron chi connectivity index (χ3n) is 6.09. The number of piperidine rings is 1. The van der Waals surface area contributed by atoms with E-state index in [0.29, 0.717) is 32.6 Å². The summed E-state index contributed by atoms with van der Waals surface area (Å²) >= 11 is 0. The van der Waals surface area contributed by atoms with Crippen molar-refractivity contribution in [1.29, 1.82) is 0 Å². The number of nitrogens with one attached hydrogen (secondary N) is 1. The van der Waals surface area contributed by atoms with Gasteiger partial charge in [0.05, 0.1) is 0 Å². The zero-order chi connectivity index (χ0) is 20.3. The Labute approximate surface area is 170 Å². The van der Waals surface area contributed by atoms with E-state index in [2.05, 4.69) is 5.32 Å². The molecule has 4 rings (SSSR count). The Morgan fingerprint density at radius 2 is 1.69 bits per heavy atom. The van der Waals surface area contributed by atoms with E-state index in [1.54, 1.807) is 12.1 Å². The molecule has 1 spiro atoms. The zero-order valence-electron chi connectivity index (χ0n) is 16.4. The second-order valence-electron chi connectivity index (χ2n) is 8.18. The minimum Gasteiger partial charge on any atom is -0.338 e. The maximum absolute atomic E-state index is 13.0. The van der Waals surface area contributed by atoms with Crippen LogP contribution < -0.4 is 5.32 Å². The van der Waals surface area contributed by atoms with Crippen molar-refractivity contribution in [3.63, 3.8) is 0 Å². The van der Waals surface area contributed by atoms with Gasteiger partial charge < -0.3 is 15.1 Å². The second kappa shape index (κ2) is 8.23. The van der Waals surface area contributed by atoms with E-state index < -0.39 is 0 Å². The predicted molar refractivity (Wildman–Crippen MR) is 108 cm³/mol. The molecule has 0 atom stereocenters. The molecule has 3 amide bonds. The van der Waals surface area contributed by atoms with E-state index in [0.717, 1.165) is 30.5 Å². The molecule has 0 radical (unpaired) electrons. The number of hydrogen-bond acceptors (Lipinski definition) is 2. The average molecular weight is 395 g/mol. The van der Waals surface area contributed by atoms with Gasteiger partial charge in [0.2, 0.25) is 5.91 Å². The number of halogens is 1. The summed E-state index contributed by atoms with van der Waals surface area (Å²) in [6.07, 6.45) is 2.26. The van der Waals surface area contributed by atoms with Crippen LogP contribution in [0.2, 0.25) is 0 Å². The van der Waals surface area contributed by atoms with E-state index in [9.17, 15) is 14.0 Å². The van der Waals surface area contributed by atoms with Crippen LogP contribution in [-0.2, 0) is 17.9 Å². The minimum absolute atomic E-state index is 0.0143. The summed E-state index contributed by atoms with van der Waals surface area (Å²) < 4.78 is 13.0. The van der Waals surface area contributed by atoms with Crippen molar-refractivity contribution < 1.29 is 14.0 Å². The molecule has 0 bridgehead atoms. The molecule has 29 heavy (non-hydrogen) atoms. The summed E-state index contributed by atoms with van der Waals surface area (Å²) in [5, 5.41) is 2.90. The van der Waals surface area contributed by atoms with Crippen LogP contribution in [0.4, 0.5) is 9.18 Å². The van der Waals surface area contributed by atoms with Gasteiger partial charge in [0, 0.05) is 44.6 Å². The first-order valence-electron chi connectivity index (χ1n) is 10.1. The molecule has 2 aliphatic rings. The molecule has 2 fully saturated rings. The first kappa shape index (κ1) is 19.4.